The molecule has 0 amide bonds. The number of hydrogen-bond donors (Lipinski definition) is 0. The molecule has 0 aromatic heterocycles. The zero-order valence-electron chi connectivity index (χ0n) is 9.61. The molecule has 74 valence electrons. The summed E-state index contributed by atoms with van der Waals surface area (Å²) in [6.45, 7) is 17.6. The maximum absolute atomic E-state index is 3.00. The molecule has 0 spiro atoms. The fourth-order valence-corrected chi connectivity index (χ4v) is 0.943. The molecule has 12 heavy (non-hydrogen) atoms. The van der Waals surface area contributed by atoms with Crippen molar-refractivity contribution in [2.75, 3.05) is 0 Å². The lowest BCUT2D eigenvalue weighted by Crippen LogP contribution is -2.16. The second kappa shape index (κ2) is 7.39. The summed E-state index contributed by atoms with van der Waals surface area (Å²) < 4.78 is 0. The Kier molecular flexibility index (Phi) is 8.79. The van der Waals surface area contributed by atoms with Gasteiger partial charge in [-0.1, -0.05) is 53.9 Å². The highest BCUT2D eigenvalue weighted by molar-refractivity contribution is 4.69. The number of unbranched alkanes of at least 4 members (excludes halogenated alkanes) is 1. The maximum Gasteiger partial charge on any atom is -0.0357 e. The van der Waals surface area contributed by atoms with Gasteiger partial charge in [0.05, 0.1) is 0 Å². The average molecular weight is 170 g/mol. The third-order valence-corrected chi connectivity index (χ3v) is 2.47. The smallest absolute Gasteiger partial charge is 0.0357 e. The van der Waals surface area contributed by atoms with Crippen molar-refractivity contribution in [2.45, 2.75) is 53.9 Å². The van der Waals surface area contributed by atoms with Gasteiger partial charge in [0.2, 0.25) is 0 Å². The SMILES string of the molecule is C=C.CCCCC(C)C(C)(C)C. The molecule has 0 saturated heterocycles. The third-order valence-electron chi connectivity index (χ3n) is 2.47. The summed E-state index contributed by atoms with van der Waals surface area (Å²) in [5.74, 6) is 0.868. The topological polar surface area (TPSA) is 0 Å². The summed E-state index contributed by atoms with van der Waals surface area (Å²) in [5.41, 5.74) is 0.509. The lowest BCUT2D eigenvalue weighted by molar-refractivity contribution is 0.242. The second-order valence-corrected chi connectivity index (χ2v) is 4.41. The van der Waals surface area contributed by atoms with E-state index >= 15 is 0 Å². The van der Waals surface area contributed by atoms with Crippen molar-refractivity contribution in [2.24, 2.45) is 11.3 Å². The first kappa shape index (κ1) is 14.3. The molecule has 0 aliphatic heterocycles. The predicted molar refractivity (Wildman–Crippen MR) is 59.4 cm³/mol. The van der Waals surface area contributed by atoms with E-state index in [0.717, 1.165) is 5.92 Å². The Labute approximate surface area is 79.1 Å². The summed E-state index contributed by atoms with van der Waals surface area (Å²) in [6.07, 6.45) is 4.11. The van der Waals surface area contributed by atoms with Gasteiger partial charge < -0.3 is 0 Å². The molecule has 1 atom stereocenters. The van der Waals surface area contributed by atoms with Crippen LogP contribution in [0.5, 0.6) is 0 Å². The molecule has 0 aliphatic rings. The van der Waals surface area contributed by atoms with Crippen LogP contribution in [0.15, 0.2) is 13.2 Å². The Bertz CT molecular complexity index is 86.7. The van der Waals surface area contributed by atoms with Crippen molar-refractivity contribution >= 4 is 0 Å². The third kappa shape index (κ3) is 7.84. The van der Waals surface area contributed by atoms with Crippen LogP contribution in [0.2, 0.25) is 0 Å². The van der Waals surface area contributed by atoms with Gasteiger partial charge in [-0.3, -0.25) is 0 Å². The molecule has 0 bridgehead atoms. The molecule has 0 heteroatoms. The highest BCUT2D eigenvalue weighted by Gasteiger charge is 2.18. The summed E-state index contributed by atoms with van der Waals surface area (Å²) in [5, 5.41) is 0. The predicted octanol–water partition coefficient (Wildman–Crippen LogP) is 4.66. The minimum Gasteiger partial charge on any atom is -0.106 e. The van der Waals surface area contributed by atoms with E-state index in [1.807, 2.05) is 0 Å². The fraction of sp³-hybridized carbons (Fsp3) is 0.833. The lowest BCUT2D eigenvalue weighted by Gasteiger charge is -2.26. The van der Waals surface area contributed by atoms with Crippen LogP contribution in [-0.4, -0.2) is 0 Å². The zero-order valence-corrected chi connectivity index (χ0v) is 9.61. The molecule has 0 aromatic carbocycles. The highest BCUT2D eigenvalue weighted by Crippen LogP contribution is 2.29. The zero-order chi connectivity index (χ0) is 10.2. The first-order valence-corrected chi connectivity index (χ1v) is 4.98. The molecule has 0 rings (SSSR count). The molecule has 0 radical (unpaired) electrons. The van der Waals surface area contributed by atoms with Crippen LogP contribution < -0.4 is 0 Å². The largest absolute Gasteiger partial charge is 0.106 e. The van der Waals surface area contributed by atoms with Gasteiger partial charge in [0.25, 0.3) is 0 Å². The van der Waals surface area contributed by atoms with Gasteiger partial charge in [-0.2, -0.15) is 0 Å². The van der Waals surface area contributed by atoms with E-state index in [9.17, 15) is 0 Å². The van der Waals surface area contributed by atoms with E-state index in [0.29, 0.717) is 5.41 Å². The van der Waals surface area contributed by atoms with Crippen LogP contribution in [0.4, 0.5) is 0 Å². The molecule has 0 aliphatic carbocycles. The van der Waals surface area contributed by atoms with Gasteiger partial charge in [-0.05, 0) is 11.3 Å². The van der Waals surface area contributed by atoms with Gasteiger partial charge in [0, 0.05) is 0 Å². The molecule has 0 N–H and O–H groups in total. The molecule has 0 nitrogen and oxygen atoms in total. The van der Waals surface area contributed by atoms with E-state index in [4.69, 9.17) is 0 Å². The molecule has 0 saturated carbocycles. The van der Waals surface area contributed by atoms with Crippen molar-refractivity contribution < 1.29 is 0 Å². The van der Waals surface area contributed by atoms with Crippen LogP contribution in [0.3, 0.4) is 0 Å². The van der Waals surface area contributed by atoms with Crippen molar-refractivity contribution in [1.29, 1.82) is 0 Å². The van der Waals surface area contributed by atoms with Crippen LogP contribution in [0.1, 0.15) is 53.9 Å². The molecular weight excluding hydrogens is 144 g/mol. The van der Waals surface area contributed by atoms with Crippen molar-refractivity contribution in [3.8, 4) is 0 Å². The summed E-state index contributed by atoms with van der Waals surface area (Å²) >= 11 is 0. The molecule has 0 heterocycles. The minimum absolute atomic E-state index is 0.509. The van der Waals surface area contributed by atoms with Gasteiger partial charge in [0.1, 0.15) is 0 Å². The van der Waals surface area contributed by atoms with Crippen LogP contribution in [0.25, 0.3) is 0 Å². The van der Waals surface area contributed by atoms with E-state index in [-0.39, 0.29) is 0 Å². The van der Waals surface area contributed by atoms with Crippen molar-refractivity contribution in [3.05, 3.63) is 13.2 Å². The molecule has 1 unspecified atom stereocenters. The van der Waals surface area contributed by atoms with Crippen LogP contribution in [-0.2, 0) is 0 Å². The summed E-state index contributed by atoms with van der Waals surface area (Å²) in [6, 6.07) is 0. The Morgan fingerprint density at radius 2 is 1.58 bits per heavy atom. The van der Waals surface area contributed by atoms with Crippen molar-refractivity contribution in [1.82, 2.24) is 0 Å². The Morgan fingerprint density at radius 1 is 1.17 bits per heavy atom. The molecular formula is C12H26. The fourth-order valence-electron chi connectivity index (χ4n) is 0.943. The van der Waals surface area contributed by atoms with Gasteiger partial charge in [-0.25, -0.2) is 0 Å². The van der Waals surface area contributed by atoms with Gasteiger partial charge in [0.15, 0.2) is 0 Å². The quantitative estimate of drug-likeness (QED) is 0.540. The summed E-state index contributed by atoms with van der Waals surface area (Å²) in [4.78, 5) is 0. The lowest BCUT2D eigenvalue weighted by atomic mass is 9.79. The average Bonchev–Trinajstić information content (AvgIpc) is 2.02. The first-order chi connectivity index (χ1) is 5.48. The van der Waals surface area contributed by atoms with Crippen molar-refractivity contribution in [3.63, 3.8) is 0 Å². The van der Waals surface area contributed by atoms with Gasteiger partial charge in [-0.15, -0.1) is 13.2 Å². The Balaban J connectivity index is 0. The Hall–Kier alpha value is -0.260. The second-order valence-electron chi connectivity index (χ2n) is 4.41. The van der Waals surface area contributed by atoms with Crippen LogP contribution >= 0.6 is 0 Å². The number of rotatable bonds is 3. The molecule has 0 fully saturated rings. The molecule has 0 aromatic rings. The van der Waals surface area contributed by atoms with E-state index in [2.05, 4.69) is 47.8 Å². The van der Waals surface area contributed by atoms with E-state index < -0.39 is 0 Å². The number of hydrogen-bond acceptors (Lipinski definition) is 0. The van der Waals surface area contributed by atoms with E-state index in [1.54, 1.807) is 0 Å². The van der Waals surface area contributed by atoms with Crippen LogP contribution in [0, 0.1) is 11.3 Å². The van der Waals surface area contributed by atoms with E-state index in [1.165, 1.54) is 19.3 Å². The highest BCUT2D eigenvalue weighted by atomic mass is 14.2. The maximum atomic E-state index is 3.00. The Morgan fingerprint density at radius 3 is 1.83 bits per heavy atom. The summed E-state index contributed by atoms with van der Waals surface area (Å²) in [7, 11) is 0. The minimum atomic E-state index is 0.509. The normalized spacial score (nSPS) is 13.1. The first-order valence-electron chi connectivity index (χ1n) is 4.98. The standard InChI is InChI=1S/C10H22.C2H4/c1-6-7-8-9(2)10(3,4)5;1-2/h9H,6-8H2,1-5H3;1-2H2. The monoisotopic (exact) mass is 170 g/mol. The van der Waals surface area contributed by atoms with Gasteiger partial charge >= 0.3 is 0 Å².